The smallest absolute Gasteiger partial charge is 0.310 e. The average molecular weight is 619 g/mol. The number of rotatable bonds is 5. The quantitative estimate of drug-likeness (QED) is 0.433. The molecule has 3 heterocycles. The molecule has 39 heavy (non-hydrogen) atoms. The van der Waals surface area contributed by atoms with Gasteiger partial charge in [0.2, 0.25) is 5.91 Å². The Morgan fingerprint density at radius 3 is 2.31 bits per heavy atom. The Morgan fingerprint density at radius 1 is 1.05 bits per heavy atom. The van der Waals surface area contributed by atoms with Crippen molar-refractivity contribution in [2.75, 3.05) is 23.3 Å². The first-order chi connectivity index (χ1) is 18.3. The van der Waals surface area contributed by atoms with Gasteiger partial charge in [0.15, 0.2) is 0 Å². The maximum absolute atomic E-state index is 15.0. The Kier molecular flexibility index (Phi) is 6.36. The predicted molar refractivity (Wildman–Crippen MR) is 143 cm³/mol. The van der Waals surface area contributed by atoms with Crippen LogP contribution in [0.25, 0.3) is 0 Å². The number of carbonyl (C=O) groups excluding carboxylic acids is 2. The van der Waals surface area contributed by atoms with Gasteiger partial charge in [-0.2, -0.15) is 0 Å². The van der Waals surface area contributed by atoms with E-state index < -0.39 is 60.1 Å². The van der Waals surface area contributed by atoms with E-state index in [1.807, 2.05) is 0 Å². The van der Waals surface area contributed by atoms with E-state index in [1.54, 1.807) is 0 Å². The molecule has 1 unspecified atom stereocenters. The van der Waals surface area contributed by atoms with Crippen molar-refractivity contribution in [3.63, 3.8) is 0 Å². The van der Waals surface area contributed by atoms with Gasteiger partial charge in [0.05, 0.1) is 23.2 Å². The summed E-state index contributed by atoms with van der Waals surface area (Å²) in [6, 6.07) is 6.00. The highest BCUT2D eigenvalue weighted by Gasteiger charge is 2.74. The average Bonchev–Trinajstić information content (AvgIpc) is 3.45. The Labute approximate surface area is 241 Å². The van der Waals surface area contributed by atoms with E-state index in [1.165, 1.54) is 40.1 Å². The van der Waals surface area contributed by atoms with Gasteiger partial charge in [-0.1, -0.05) is 46.4 Å². The first kappa shape index (κ1) is 27.0. The monoisotopic (exact) mass is 617 g/mol. The molecule has 3 fully saturated rings. The Bertz CT molecular complexity index is 1420. The molecule has 13 heteroatoms. The van der Waals surface area contributed by atoms with E-state index in [-0.39, 0.29) is 43.8 Å². The van der Waals surface area contributed by atoms with E-state index >= 15 is 8.78 Å². The minimum atomic E-state index is -3.27. The van der Waals surface area contributed by atoms with Crippen molar-refractivity contribution >= 4 is 75.6 Å². The zero-order chi connectivity index (χ0) is 28.0. The largest absolute Gasteiger partial charge is 0.481 e. The first-order valence-electron chi connectivity index (χ1n) is 12.3. The van der Waals surface area contributed by atoms with Crippen LogP contribution >= 0.6 is 46.4 Å². The summed E-state index contributed by atoms with van der Waals surface area (Å²) < 4.78 is 30.1. The van der Waals surface area contributed by atoms with Crippen LogP contribution in [-0.4, -0.2) is 52.8 Å². The number of nitrogens with one attached hydrogen (secondary N) is 1. The van der Waals surface area contributed by atoms with Gasteiger partial charge in [-0.25, -0.2) is 8.78 Å². The van der Waals surface area contributed by atoms with Gasteiger partial charge in [-0.05, 0) is 49.1 Å². The number of carboxylic acid groups (broad SMARTS) is 1. The summed E-state index contributed by atoms with van der Waals surface area (Å²) in [5.41, 5.74) is -1.64. The van der Waals surface area contributed by atoms with E-state index in [0.717, 1.165) is 12.8 Å². The molecule has 3 aliphatic heterocycles. The summed E-state index contributed by atoms with van der Waals surface area (Å²) in [4.78, 5) is 43.7. The molecule has 4 atom stereocenters. The second-order valence-electron chi connectivity index (χ2n) is 10.6. The number of amides is 2. The Morgan fingerprint density at radius 2 is 1.69 bits per heavy atom. The van der Waals surface area contributed by atoms with Crippen LogP contribution in [0, 0.1) is 17.8 Å². The molecule has 6 rings (SSSR count). The maximum atomic E-state index is 15.0. The van der Waals surface area contributed by atoms with Crippen molar-refractivity contribution in [3.05, 3.63) is 56.0 Å². The number of benzene rings is 2. The SMILES string of the molecule is O=C(O)C1[C@@H](C(=O)N(CC2CC2)c2cc(Cl)cc(Cl)c2)[C@H]2CC(F)(F)CN2[C@]12C(=O)Nc1c(Cl)cc(Cl)cc12. The molecule has 7 nitrogen and oxygen atoms in total. The van der Waals surface area contributed by atoms with E-state index in [4.69, 9.17) is 46.4 Å². The van der Waals surface area contributed by atoms with Crippen molar-refractivity contribution in [3.8, 4) is 0 Å². The number of nitrogens with zero attached hydrogens (tertiary/aromatic N) is 2. The van der Waals surface area contributed by atoms with Crippen LogP contribution < -0.4 is 10.2 Å². The van der Waals surface area contributed by atoms with Crippen LogP contribution in [0.15, 0.2) is 30.3 Å². The van der Waals surface area contributed by atoms with E-state index in [9.17, 15) is 19.5 Å². The third kappa shape index (κ3) is 4.20. The van der Waals surface area contributed by atoms with Gasteiger partial charge >= 0.3 is 5.97 Å². The second kappa shape index (κ2) is 9.17. The van der Waals surface area contributed by atoms with Crippen molar-refractivity contribution in [2.45, 2.75) is 36.8 Å². The van der Waals surface area contributed by atoms with Crippen molar-refractivity contribution in [1.29, 1.82) is 0 Å². The molecule has 1 aliphatic carbocycles. The van der Waals surface area contributed by atoms with Gasteiger partial charge < -0.3 is 15.3 Å². The van der Waals surface area contributed by atoms with Crippen LogP contribution in [0.5, 0.6) is 0 Å². The van der Waals surface area contributed by atoms with Crippen LogP contribution in [-0.2, 0) is 19.9 Å². The fourth-order valence-electron chi connectivity index (χ4n) is 6.54. The Hall–Kier alpha value is -2.17. The molecule has 2 saturated heterocycles. The lowest BCUT2D eigenvalue weighted by Crippen LogP contribution is -2.54. The summed E-state index contributed by atoms with van der Waals surface area (Å²) in [7, 11) is 0. The zero-order valence-corrected chi connectivity index (χ0v) is 23.1. The summed E-state index contributed by atoms with van der Waals surface area (Å²) >= 11 is 25.0. The third-order valence-electron chi connectivity index (χ3n) is 8.15. The molecular weight excluding hydrogens is 598 g/mol. The lowest BCUT2D eigenvalue weighted by Gasteiger charge is -2.36. The molecule has 2 aromatic carbocycles. The van der Waals surface area contributed by atoms with E-state index in [2.05, 4.69) is 5.32 Å². The highest BCUT2D eigenvalue weighted by molar-refractivity contribution is 6.38. The normalized spacial score (nSPS) is 28.9. The number of alkyl halides is 2. The van der Waals surface area contributed by atoms with Crippen molar-refractivity contribution < 1.29 is 28.3 Å². The molecule has 2 N–H and O–H groups in total. The topological polar surface area (TPSA) is 90.0 Å². The molecule has 1 spiro atoms. The number of carboxylic acids is 1. The summed E-state index contributed by atoms with van der Waals surface area (Å²) in [5.74, 6) is -9.33. The Balaban J connectivity index is 1.54. The molecule has 2 amide bonds. The lowest BCUT2D eigenvalue weighted by molar-refractivity contribution is -0.153. The summed E-state index contributed by atoms with van der Waals surface area (Å²) in [5, 5.41) is 13.8. The van der Waals surface area contributed by atoms with E-state index in [0.29, 0.717) is 5.69 Å². The van der Waals surface area contributed by atoms with Gasteiger partial charge in [0.1, 0.15) is 11.5 Å². The molecule has 206 valence electrons. The second-order valence-corrected chi connectivity index (χ2v) is 12.4. The number of hydrogen-bond acceptors (Lipinski definition) is 4. The molecule has 0 radical (unpaired) electrons. The van der Waals surface area contributed by atoms with Crippen LogP contribution in [0.3, 0.4) is 0 Å². The molecule has 1 saturated carbocycles. The molecule has 0 aromatic heterocycles. The highest BCUT2D eigenvalue weighted by atomic mass is 35.5. The number of hydrogen-bond donors (Lipinski definition) is 2. The minimum Gasteiger partial charge on any atom is -0.481 e. The molecule has 2 aromatic rings. The lowest BCUT2D eigenvalue weighted by atomic mass is 9.73. The number of carbonyl (C=O) groups is 3. The molecular formula is C26H21Cl4F2N3O4. The number of anilines is 2. The highest BCUT2D eigenvalue weighted by Crippen LogP contribution is 2.61. The standard InChI is InChI=1S/C26H21Cl4F2N3O4/c27-12-3-13(28)5-15(4-12)34(9-11-1-2-11)22(36)19-18-8-25(31,32)10-35(18)26(20(19)23(37)38)16-6-14(29)7-17(30)21(16)33-24(26)39/h3-7,11,18-20H,1-2,8-10H2,(H,33,39)(H,37,38)/t18-,19+,20?,26+/m1/s1. The fraction of sp³-hybridized carbons (Fsp3) is 0.423. The molecule has 0 bridgehead atoms. The zero-order valence-electron chi connectivity index (χ0n) is 20.1. The van der Waals surface area contributed by atoms with Gasteiger partial charge in [0.25, 0.3) is 11.8 Å². The first-order valence-corrected chi connectivity index (χ1v) is 13.8. The van der Waals surface area contributed by atoms with Crippen LogP contribution in [0.1, 0.15) is 24.8 Å². The summed E-state index contributed by atoms with van der Waals surface area (Å²) in [6.07, 6.45) is 0.921. The number of halogens is 6. The number of aliphatic carboxylic acids is 1. The number of fused-ring (bicyclic) bond motifs is 4. The van der Waals surface area contributed by atoms with Crippen LogP contribution in [0.2, 0.25) is 20.1 Å². The van der Waals surface area contributed by atoms with Gasteiger partial charge in [0, 0.05) is 45.3 Å². The summed E-state index contributed by atoms with van der Waals surface area (Å²) in [6.45, 7) is -0.678. The van der Waals surface area contributed by atoms with Crippen molar-refractivity contribution in [2.24, 2.45) is 17.8 Å². The molecule has 4 aliphatic rings. The van der Waals surface area contributed by atoms with Crippen LogP contribution in [0.4, 0.5) is 20.2 Å². The predicted octanol–water partition coefficient (Wildman–Crippen LogP) is 5.93. The maximum Gasteiger partial charge on any atom is 0.310 e. The fourth-order valence-corrected chi connectivity index (χ4v) is 7.59. The van der Waals surface area contributed by atoms with Crippen molar-refractivity contribution in [1.82, 2.24) is 4.90 Å². The van der Waals surface area contributed by atoms with Gasteiger partial charge in [-0.3, -0.25) is 19.3 Å². The minimum absolute atomic E-state index is 0.0353. The third-order valence-corrected chi connectivity index (χ3v) is 9.10. The van der Waals surface area contributed by atoms with Gasteiger partial charge in [-0.15, -0.1) is 0 Å².